The lowest BCUT2D eigenvalue weighted by molar-refractivity contribution is -0.121. The monoisotopic (exact) mass is 434 g/mol. The van der Waals surface area contributed by atoms with Crippen LogP contribution in [0.5, 0.6) is 5.75 Å². The maximum Gasteiger partial charge on any atom is 0.233 e. The summed E-state index contributed by atoms with van der Waals surface area (Å²) in [4.78, 5) is 17.2. The maximum absolute atomic E-state index is 12.7. The van der Waals surface area contributed by atoms with Crippen LogP contribution in [0.3, 0.4) is 0 Å². The highest BCUT2D eigenvalue weighted by Crippen LogP contribution is 2.49. The summed E-state index contributed by atoms with van der Waals surface area (Å²) in [6.07, 6.45) is 5.31. The number of halogens is 1. The molecule has 5 atom stereocenters. The van der Waals surface area contributed by atoms with Gasteiger partial charge in [-0.25, -0.2) is 4.98 Å². The average Bonchev–Trinajstić information content (AvgIpc) is 3.45. The minimum Gasteiger partial charge on any atom is -0.496 e. The first-order chi connectivity index (χ1) is 13.9. The van der Waals surface area contributed by atoms with Gasteiger partial charge in [0.2, 0.25) is 11.1 Å². The molecule has 2 saturated carbocycles. The van der Waals surface area contributed by atoms with Gasteiger partial charge >= 0.3 is 0 Å². The Morgan fingerprint density at radius 1 is 1.34 bits per heavy atom. The van der Waals surface area contributed by atoms with Gasteiger partial charge in [-0.1, -0.05) is 29.8 Å². The van der Waals surface area contributed by atoms with Gasteiger partial charge in [0.05, 0.1) is 17.9 Å². The molecule has 0 radical (unpaired) electrons. The molecular formula is C21H27ClN4O2S. The summed E-state index contributed by atoms with van der Waals surface area (Å²) >= 11 is 7.45. The summed E-state index contributed by atoms with van der Waals surface area (Å²) in [6, 6.07) is 5.56. The van der Waals surface area contributed by atoms with Crippen molar-refractivity contribution < 1.29 is 9.53 Å². The van der Waals surface area contributed by atoms with Gasteiger partial charge in [0.1, 0.15) is 5.75 Å². The Morgan fingerprint density at radius 3 is 2.86 bits per heavy atom. The van der Waals surface area contributed by atoms with E-state index in [1.165, 1.54) is 37.4 Å². The van der Waals surface area contributed by atoms with Gasteiger partial charge in [-0.2, -0.15) is 0 Å². The zero-order valence-corrected chi connectivity index (χ0v) is 18.5. The quantitative estimate of drug-likeness (QED) is 0.624. The van der Waals surface area contributed by atoms with E-state index < -0.39 is 0 Å². The molecule has 1 amide bonds. The summed E-state index contributed by atoms with van der Waals surface area (Å²) in [5.74, 6) is 3.56. The number of ether oxygens (including phenoxy) is 1. The highest BCUT2D eigenvalue weighted by molar-refractivity contribution is 8.00. The molecule has 29 heavy (non-hydrogen) atoms. The maximum atomic E-state index is 12.7. The molecule has 8 heteroatoms. The molecule has 5 unspecified atom stereocenters. The number of aromatic nitrogens is 3. The molecular weight excluding hydrogens is 408 g/mol. The van der Waals surface area contributed by atoms with Gasteiger partial charge in [-0.05, 0) is 69.1 Å². The number of methoxy groups -OCH3 is 1. The molecule has 6 nitrogen and oxygen atoms in total. The lowest BCUT2D eigenvalue weighted by atomic mass is 9.84. The van der Waals surface area contributed by atoms with E-state index in [0.717, 1.165) is 17.4 Å². The molecule has 1 aromatic heterocycles. The van der Waals surface area contributed by atoms with E-state index in [-0.39, 0.29) is 17.2 Å². The molecule has 0 spiro atoms. The first-order valence-corrected chi connectivity index (χ1v) is 11.4. The molecule has 2 aromatic rings. The van der Waals surface area contributed by atoms with Crippen molar-refractivity contribution in [1.82, 2.24) is 20.5 Å². The van der Waals surface area contributed by atoms with Crippen molar-refractivity contribution in [3.05, 3.63) is 23.2 Å². The number of nitrogens with zero attached hydrogens (tertiary/aromatic N) is 2. The van der Waals surface area contributed by atoms with Crippen molar-refractivity contribution in [2.45, 2.75) is 56.0 Å². The molecule has 0 saturated heterocycles. The number of amides is 1. The zero-order valence-electron chi connectivity index (χ0n) is 16.9. The summed E-state index contributed by atoms with van der Waals surface area (Å²) < 4.78 is 5.38. The van der Waals surface area contributed by atoms with Crippen molar-refractivity contribution in [2.24, 2.45) is 17.8 Å². The molecule has 4 rings (SSSR count). The van der Waals surface area contributed by atoms with Crippen molar-refractivity contribution in [2.75, 3.05) is 7.11 Å². The van der Waals surface area contributed by atoms with E-state index in [1.807, 2.05) is 6.92 Å². The molecule has 0 aliphatic heterocycles. The summed E-state index contributed by atoms with van der Waals surface area (Å²) in [5.41, 5.74) is 0.737. The number of hydrogen-bond donors (Lipinski definition) is 2. The molecule has 2 aliphatic carbocycles. The van der Waals surface area contributed by atoms with Gasteiger partial charge in [0.25, 0.3) is 0 Å². The largest absolute Gasteiger partial charge is 0.496 e. The number of benzene rings is 1. The molecule has 1 aromatic carbocycles. The SMILES string of the molecule is COc1ccc(Cl)cc1-c1nc(SC(C)C(=O)NC(C)C2CC3CCC2C3)n[nH]1. The summed E-state index contributed by atoms with van der Waals surface area (Å²) in [7, 11) is 1.60. The normalized spacial score (nSPS) is 25.0. The van der Waals surface area contributed by atoms with Crippen LogP contribution >= 0.6 is 23.4 Å². The summed E-state index contributed by atoms with van der Waals surface area (Å²) in [6.45, 7) is 4.04. The van der Waals surface area contributed by atoms with E-state index in [4.69, 9.17) is 16.3 Å². The van der Waals surface area contributed by atoms with Crippen LogP contribution in [0.2, 0.25) is 5.02 Å². The number of aromatic amines is 1. The number of thioether (sulfide) groups is 1. The number of carbonyl (C=O) groups is 1. The second kappa shape index (κ2) is 8.56. The van der Waals surface area contributed by atoms with E-state index in [2.05, 4.69) is 27.4 Å². The third kappa shape index (κ3) is 4.40. The number of H-pyrrole nitrogens is 1. The van der Waals surface area contributed by atoms with E-state index in [0.29, 0.717) is 27.7 Å². The van der Waals surface area contributed by atoms with Crippen LogP contribution < -0.4 is 10.1 Å². The lowest BCUT2D eigenvalue weighted by Crippen LogP contribution is -2.43. The van der Waals surface area contributed by atoms with E-state index in [9.17, 15) is 4.79 Å². The van der Waals surface area contributed by atoms with Gasteiger partial charge < -0.3 is 10.1 Å². The van der Waals surface area contributed by atoms with Crippen LogP contribution in [0, 0.1) is 17.8 Å². The fourth-order valence-corrected chi connectivity index (χ4v) is 5.76. The van der Waals surface area contributed by atoms with Gasteiger partial charge in [-0.3, -0.25) is 9.89 Å². The molecule has 2 fully saturated rings. The average molecular weight is 435 g/mol. The van der Waals surface area contributed by atoms with Crippen LogP contribution in [-0.4, -0.2) is 39.5 Å². The molecule has 1 heterocycles. The standard InChI is InChI=1S/C21H27ClN4O2S/c1-11(16-9-13-4-5-14(16)8-13)23-20(27)12(2)29-21-24-19(25-26-21)17-10-15(22)6-7-18(17)28-3/h6-7,10-14,16H,4-5,8-9H2,1-3H3,(H,23,27)(H,24,25,26). The van der Waals surface area contributed by atoms with Crippen molar-refractivity contribution in [3.63, 3.8) is 0 Å². The van der Waals surface area contributed by atoms with Gasteiger partial charge in [-0.15, -0.1) is 5.10 Å². The van der Waals surface area contributed by atoms with Crippen LogP contribution in [0.15, 0.2) is 23.4 Å². The Balaban J connectivity index is 1.37. The number of rotatable bonds is 7. The smallest absolute Gasteiger partial charge is 0.233 e. The number of nitrogens with one attached hydrogen (secondary N) is 2. The minimum atomic E-state index is -0.277. The van der Waals surface area contributed by atoms with Crippen molar-refractivity contribution in [3.8, 4) is 17.1 Å². The lowest BCUT2D eigenvalue weighted by Gasteiger charge is -2.29. The molecule has 156 valence electrons. The minimum absolute atomic E-state index is 0.0389. The zero-order chi connectivity index (χ0) is 20.5. The molecule has 2 bridgehead atoms. The van der Waals surface area contributed by atoms with Crippen molar-refractivity contribution in [1.29, 1.82) is 0 Å². The van der Waals surface area contributed by atoms with Gasteiger partial charge in [0.15, 0.2) is 5.82 Å². The second-order valence-corrected chi connectivity index (χ2v) is 9.95. The first kappa shape index (κ1) is 20.5. The van der Waals surface area contributed by atoms with Crippen molar-refractivity contribution >= 4 is 29.3 Å². The molecule has 2 aliphatic rings. The van der Waals surface area contributed by atoms with Crippen LogP contribution in [-0.2, 0) is 4.79 Å². The van der Waals surface area contributed by atoms with Crippen LogP contribution in [0.4, 0.5) is 0 Å². The second-order valence-electron chi connectivity index (χ2n) is 8.21. The fourth-order valence-electron chi connectivity index (χ4n) is 4.85. The number of hydrogen-bond acceptors (Lipinski definition) is 5. The predicted molar refractivity (Wildman–Crippen MR) is 115 cm³/mol. The number of fused-ring (bicyclic) bond motifs is 2. The highest BCUT2D eigenvalue weighted by atomic mass is 35.5. The first-order valence-electron chi connectivity index (χ1n) is 10.2. The van der Waals surface area contributed by atoms with Crippen LogP contribution in [0.1, 0.15) is 39.5 Å². The third-order valence-electron chi connectivity index (χ3n) is 6.34. The third-order valence-corrected chi connectivity index (χ3v) is 7.53. The fraction of sp³-hybridized carbons (Fsp3) is 0.571. The van der Waals surface area contributed by atoms with Crippen LogP contribution in [0.25, 0.3) is 11.4 Å². The highest BCUT2D eigenvalue weighted by Gasteiger charge is 2.42. The van der Waals surface area contributed by atoms with Gasteiger partial charge in [0, 0.05) is 11.1 Å². The Hall–Kier alpha value is -1.73. The Labute approximate surface area is 180 Å². The predicted octanol–water partition coefficient (Wildman–Crippen LogP) is 4.56. The molecule has 2 N–H and O–H groups in total. The topological polar surface area (TPSA) is 79.9 Å². The van der Waals surface area contributed by atoms with E-state index in [1.54, 1.807) is 25.3 Å². The van der Waals surface area contributed by atoms with E-state index >= 15 is 0 Å². The summed E-state index contributed by atoms with van der Waals surface area (Å²) in [5, 5.41) is 11.2. The Bertz CT molecular complexity index is 889. The Morgan fingerprint density at radius 2 is 2.17 bits per heavy atom. The Kier molecular flexibility index (Phi) is 6.06. The number of carbonyl (C=O) groups excluding carboxylic acids is 1.